The second kappa shape index (κ2) is 9.60. The van der Waals surface area contributed by atoms with E-state index in [4.69, 9.17) is 4.74 Å². The molecule has 0 aromatic heterocycles. The first-order valence-electron chi connectivity index (χ1n) is 9.50. The Morgan fingerprint density at radius 3 is 2.07 bits per heavy atom. The van der Waals surface area contributed by atoms with Gasteiger partial charge in [0.05, 0.1) is 19.2 Å². The van der Waals surface area contributed by atoms with Gasteiger partial charge in [-0.1, -0.05) is 60.7 Å². The van der Waals surface area contributed by atoms with Crippen LogP contribution in [0.4, 0.5) is 5.69 Å². The molecule has 0 saturated heterocycles. The Morgan fingerprint density at radius 2 is 1.46 bits per heavy atom. The molecule has 0 fully saturated rings. The summed E-state index contributed by atoms with van der Waals surface area (Å²) >= 11 is 0. The van der Waals surface area contributed by atoms with Crippen molar-refractivity contribution >= 4 is 11.6 Å². The van der Waals surface area contributed by atoms with Crippen LogP contribution >= 0.6 is 0 Å². The Bertz CT molecular complexity index is 864. The topological polar surface area (TPSA) is 41.6 Å². The van der Waals surface area contributed by atoms with Crippen LogP contribution in [-0.2, 0) is 4.79 Å². The summed E-state index contributed by atoms with van der Waals surface area (Å²) in [5, 5.41) is 3.18. The van der Waals surface area contributed by atoms with E-state index in [1.54, 1.807) is 0 Å². The highest BCUT2D eigenvalue weighted by Crippen LogP contribution is 2.24. The third kappa shape index (κ3) is 5.13. The van der Waals surface area contributed by atoms with E-state index in [-0.39, 0.29) is 18.5 Å². The zero-order valence-electron chi connectivity index (χ0n) is 16.3. The Morgan fingerprint density at radius 1 is 0.893 bits per heavy atom. The third-order valence-electron chi connectivity index (χ3n) is 4.54. The van der Waals surface area contributed by atoms with E-state index in [2.05, 4.69) is 5.32 Å². The molecule has 1 amide bonds. The lowest BCUT2D eigenvalue weighted by Crippen LogP contribution is -2.37. The van der Waals surface area contributed by atoms with Gasteiger partial charge in [0.15, 0.2) is 0 Å². The highest BCUT2D eigenvalue weighted by molar-refractivity contribution is 5.82. The Labute approximate surface area is 166 Å². The number of hydrogen-bond donors (Lipinski definition) is 1. The number of ether oxygens (including phenoxy) is 1. The minimum absolute atomic E-state index is 0.0332. The van der Waals surface area contributed by atoms with Crippen molar-refractivity contribution in [3.05, 3.63) is 96.1 Å². The van der Waals surface area contributed by atoms with E-state index in [9.17, 15) is 4.79 Å². The Hall–Kier alpha value is -3.27. The van der Waals surface area contributed by atoms with Crippen molar-refractivity contribution in [1.29, 1.82) is 0 Å². The van der Waals surface area contributed by atoms with E-state index in [1.807, 2.05) is 104 Å². The molecule has 0 radical (unpaired) electrons. The van der Waals surface area contributed by atoms with Gasteiger partial charge in [-0.15, -0.1) is 0 Å². The van der Waals surface area contributed by atoms with Crippen LogP contribution in [0.25, 0.3) is 0 Å². The lowest BCUT2D eigenvalue weighted by atomic mass is 9.98. The number of benzene rings is 3. The van der Waals surface area contributed by atoms with Gasteiger partial charge in [-0.05, 0) is 42.3 Å². The highest BCUT2D eigenvalue weighted by atomic mass is 16.5. The number of nitrogens with one attached hydrogen (secondary N) is 1. The number of carbonyl (C=O) groups excluding carboxylic acids is 1. The zero-order valence-corrected chi connectivity index (χ0v) is 16.3. The smallest absolute Gasteiger partial charge is 0.240 e. The minimum atomic E-state index is -0.214. The molecule has 0 bridgehead atoms. The number of para-hydroxylation sites is 1. The molecular weight excluding hydrogens is 348 g/mol. The number of rotatable bonds is 8. The fraction of sp³-hybridized carbons (Fsp3) is 0.208. The van der Waals surface area contributed by atoms with Crippen LogP contribution in [0.5, 0.6) is 5.75 Å². The molecule has 0 saturated carbocycles. The lowest BCUT2D eigenvalue weighted by molar-refractivity contribution is -0.120. The van der Waals surface area contributed by atoms with Crippen molar-refractivity contribution in [3.8, 4) is 5.75 Å². The molecule has 4 heteroatoms. The van der Waals surface area contributed by atoms with E-state index in [1.165, 1.54) is 0 Å². The van der Waals surface area contributed by atoms with Gasteiger partial charge in [0.25, 0.3) is 0 Å². The number of carbonyl (C=O) groups is 1. The summed E-state index contributed by atoms with van der Waals surface area (Å²) in [6.07, 6.45) is 0. The van der Waals surface area contributed by atoms with Crippen LogP contribution in [0.1, 0.15) is 24.1 Å². The molecule has 0 aliphatic rings. The van der Waals surface area contributed by atoms with Gasteiger partial charge in [-0.25, -0.2) is 0 Å². The molecular formula is C24H26N2O2. The van der Waals surface area contributed by atoms with Crippen LogP contribution in [0.2, 0.25) is 0 Å². The molecule has 4 nitrogen and oxygen atoms in total. The molecule has 3 rings (SSSR count). The Balaban J connectivity index is 1.76. The fourth-order valence-electron chi connectivity index (χ4n) is 3.12. The zero-order chi connectivity index (χ0) is 19.8. The van der Waals surface area contributed by atoms with Crippen molar-refractivity contribution in [2.24, 2.45) is 0 Å². The first kappa shape index (κ1) is 19.5. The van der Waals surface area contributed by atoms with Crippen molar-refractivity contribution < 1.29 is 9.53 Å². The van der Waals surface area contributed by atoms with Gasteiger partial charge in [-0.2, -0.15) is 0 Å². The monoisotopic (exact) mass is 374 g/mol. The van der Waals surface area contributed by atoms with Gasteiger partial charge < -0.3 is 15.0 Å². The van der Waals surface area contributed by atoms with Crippen molar-refractivity contribution in [3.63, 3.8) is 0 Å². The maximum atomic E-state index is 12.8. The van der Waals surface area contributed by atoms with Crippen LogP contribution in [0.3, 0.4) is 0 Å². The number of likely N-dealkylation sites (N-methyl/N-ethyl adjacent to an activating group) is 1. The van der Waals surface area contributed by atoms with E-state index < -0.39 is 0 Å². The van der Waals surface area contributed by atoms with E-state index in [0.717, 1.165) is 22.6 Å². The number of anilines is 1. The summed E-state index contributed by atoms with van der Waals surface area (Å²) < 4.78 is 5.54. The molecule has 1 N–H and O–H groups in total. The molecule has 3 aromatic carbocycles. The second-order valence-corrected chi connectivity index (χ2v) is 6.60. The van der Waals surface area contributed by atoms with E-state index in [0.29, 0.717) is 6.61 Å². The molecule has 0 spiro atoms. The van der Waals surface area contributed by atoms with Crippen molar-refractivity contribution in [1.82, 2.24) is 5.32 Å². The van der Waals surface area contributed by atoms with Crippen LogP contribution in [-0.4, -0.2) is 26.1 Å². The quantitative estimate of drug-likeness (QED) is 0.634. The first-order chi connectivity index (χ1) is 13.7. The van der Waals surface area contributed by atoms with Gasteiger partial charge in [0.2, 0.25) is 5.91 Å². The maximum absolute atomic E-state index is 12.8. The highest BCUT2D eigenvalue weighted by Gasteiger charge is 2.18. The van der Waals surface area contributed by atoms with Crippen molar-refractivity contribution in [2.45, 2.75) is 13.0 Å². The maximum Gasteiger partial charge on any atom is 0.240 e. The predicted octanol–water partition coefficient (Wildman–Crippen LogP) is 4.43. The molecule has 28 heavy (non-hydrogen) atoms. The van der Waals surface area contributed by atoms with Gasteiger partial charge in [0.1, 0.15) is 5.75 Å². The molecule has 144 valence electrons. The summed E-state index contributed by atoms with van der Waals surface area (Å²) in [7, 11) is 1.92. The predicted molar refractivity (Wildman–Crippen MR) is 114 cm³/mol. The second-order valence-electron chi connectivity index (χ2n) is 6.60. The molecule has 3 aromatic rings. The molecule has 0 aliphatic carbocycles. The fourth-order valence-corrected chi connectivity index (χ4v) is 3.12. The minimum Gasteiger partial charge on any atom is -0.494 e. The summed E-state index contributed by atoms with van der Waals surface area (Å²) in [6.45, 7) is 2.87. The number of amides is 1. The van der Waals surface area contributed by atoms with Crippen LogP contribution < -0.4 is 15.0 Å². The average Bonchev–Trinajstić information content (AvgIpc) is 2.74. The molecule has 0 aliphatic heterocycles. The SMILES string of the molecule is CCOc1ccc(C(NC(=O)CN(C)c2ccccc2)c2ccccc2)cc1. The van der Waals surface area contributed by atoms with Crippen LogP contribution in [0.15, 0.2) is 84.9 Å². The van der Waals surface area contributed by atoms with Crippen LogP contribution in [0, 0.1) is 0 Å². The molecule has 0 heterocycles. The number of hydrogen-bond acceptors (Lipinski definition) is 3. The standard InChI is InChI=1S/C24H26N2O2/c1-3-28-22-16-14-20(15-17-22)24(19-10-6-4-7-11-19)25-23(27)18-26(2)21-12-8-5-9-13-21/h4-17,24H,3,18H2,1-2H3,(H,25,27). The first-order valence-corrected chi connectivity index (χ1v) is 9.50. The van der Waals surface area contributed by atoms with Crippen molar-refractivity contribution in [2.75, 3.05) is 25.1 Å². The summed E-state index contributed by atoms with van der Waals surface area (Å²) in [4.78, 5) is 14.7. The summed E-state index contributed by atoms with van der Waals surface area (Å²) in [5.41, 5.74) is 3.07. The Kier molecular flexibility index (Phi) is 6.68. The third-order valence-corrected chi connectivity index (χ3v) is 4.54. The summed E-state index contributed by atoms with van der Waals surface area (Å²) in [5.74, 6) is 0.794. The largest absolute Gasteiger partial charge is 0.494 e. The molecule has 1 atom stereocenters. The normalized spacial score (nSPS) is 11.5. The van der Waals surface area contributed by atoms with Gasteiger partial charge >= 0.3 is 0 Å². The van der Waals surface area contributed by atoms with E-state index >= 15 is 0 Å². The number of nitrogens with zero attached hydrogens (tertiary/aromatic N) is 1. The van der Waals surface area contributed by atoms with Gasteiger partial charge in [0, 0.05) is 12.7 Å². The summed E-state index contributed by atoms with van der Waals surface area (Å²) in [6, 6.07) is 27.6. The van der Waals surface area contributed by atoms with Gasteiger partial charge in [-0.3, -0.25) is 4.79 Å². The average molecular weight is 374 g/mol. The lowest BCUT2D eigenvalue weighted by Gasteiger charge is -2.23. The molecule has 1 unspecified atom stereocenters.